The zero-order chi connectivity index (χ0) is 39.8. The molecule has 0 bridgehead atoms. The number of aromatic nitrogens is 4. The van der Waals surface area contributed by atoms with Gasteiger partial charge in [0.2, 0.25) is 0 Å². The zero-order valence-electron chi connectivity index (χ0n) is 32.6. The molecule has 7 aromatic carbocycles. The van der Waals surface area contributed by atoms with E-state index in [-0.39, 0.29) is 0 Å². The van der Waals surface area contributed by atoms with Crippen molar-refractivity contribution in [3.8, 4) is 78.5 Å². The van der Waals surface area contributed by atoms with Crippen molar-refractivity contribution in [2.75, 3.05) is 0 Å². The maximum atomic E-state index is 4.99. The van der Waals surface area contributed by atoms with Crippen LogP contribution >= 0.6 is 0 Å². The van der Waals surface area contributed by atoms with Crippen molar-refractivity contribution in [3.05, 3.63) is 219 Å². The van der Waals surface area contributed by atoms with Crippen molar-refractivity contribution in [1.29, 1.82) is 0 Å². The molecule has 0 saturated carbocycles. The Kier molecular flexibility index (Phi) is 8.79. The van der Waals surface area contributed by atoms with Gasteiger partial charge in [0.25, 0.3) is 0 Å². The summed E-state index contributed by atoms with van der Waals surface area (Å²) in [5, 5.41) is 7.35. The SMILES string of the molecule is c1ccc(-c2cccc(-c3ccc(-c4ccc5c6ccc(-c7cccc(-c8cc(-c9ccccn9)nc(-c9ccccn9)c8)c7)cc6c6ccccc6c5c4)nc3)c2)cc1. The number of nitrogens with zero attached hydrogens (tertiary/aromatic N) is 4. The van der Waals surface area contributed by atoms with Crippen LogP contribution in [0.2, 0.25) is 0 Å². The van der Waals surface area contributed by atoms with Crippen LogP contribution in [-0.4, -0.2) is 19.9 Å². The van der Waals surface area contributed by atoms with Gasteiger partial charge in [0.1, 0.15) is 0 Å². The predicted molar refractivity (Wildman–Crippen MR) is 248 cm³/mol. The lowest BCUT2D eigenvalue weighted by molar-refractivity contribution is 1.22. The molecule has 4 aromatic heterocycles. The molecule has 0 spiro atoms. The second-order valence-corrected chi connectivity index (χ2v) is 15.1. The molecule has 0 amide bonds. The van der Waals surface area contributed by atoms with Gasteiger partial charge in [-0.2, -0.15) is 0 Å². The minimum Gasteiger partial charge on any atom is -0.256 e. The highest BCUT2D eigenvalue weighted by atomic mass is 14.8. The third-order valence-electron chi connectivity index (χ3n) is 11.4. The molecule has 0 unspecified atom stereocenters. The van der Waals surface area contributed by atoms with Gasteiger partial charge in [-0.3, -0.25) is 15.0 Å². The monoisotopic (exact) mass is 764 g/mol. The van der Waals surface area contributed by atoms with Crippen LogP contribution in [0.5, 0.6) is 0 Å². The Morgan fingerprint density at radius 3 is 1.27 bits per heavy atom. The largest absolute Gasteiger partial charge is 0.256 e. The molecule has 11 rings (SSSR count). The molecule has 0 saturated heterocycles. The molecule has 4 heterocycles. The first kappa shape index (κ1) is 35.1. The summed E-state index contributed by atoms with van der Waals surface area (Å²) in [7, 11) is 0. The summed E-state index contributed by atoms with van der Waals surface area (Å²) in [6.07, 6.45) is 5.60. The highest BCUT2D eigenvalue weighted by Crippen LogP contribution is 2.40. The number of hydrogen-bond donors (Lipinski definition) is 0. The van der Waals surface area contributed by atoms with Gasteiger partial charge in [0.05, 0.1) is 28.5 Å². The highest BCUT2D eigenvalue weighted by molar-refractivity contribution is 6.26. The molecule has 0 aliphatic carbocycles. The minimum atomic E-state index is 0.809. The van der Waals surface area contributed by atoms with Crippen LogP contribution in [-0.2, 0) is 0 Å². The van der Waals surface area contributed by atoms with Crippen LogP contribution in [0.4, 0.5) is 0 Å². The fourth-order valence-corrected chi connectivity index (χ4v) is 8.41. The van der Waals surface area contributed by atoms with Crippen molar-refractivity contribution < 1.29 is 0 Å². The average molecular weight is 765 g/mol. The number of rotatable bonds is 7. The average Bonchev–Trinajstić information content (AvgIpc) is 3.34. The first-order valence-corrected chi connectivity index (χ1v) is 20.2. The van der Waals surface area contributed by atoms with E-state index in [0.29, 0.717) is 0 Å². The second kappa shape index (κ2) is 15.0. The lowest BCUT2D eigenvalue weighted by Crippen LogP contribution is -1.94. The molecule has 280 valence electrons. The Bertz CT molecular complexity index is 3270. The summed E-state index contributed by atoms with van der Waals surface area (Å²) in [6.45, 7) is 0. The van der Waals surface area contributed by atoms with Crippen molar-refractivity contribution >= 4 is 32.3 Å². The number of pyridine rings is 4. The number of hydrogen-bond acceptors (Lipinski definition) is 4. The fraction of sp³-hybridized carbons (Fsp3) is 0. The quantitative estimate of drug-likeness (QED) is 0.152. The van der Waals surface area contributed by atoms with Gasteiger partial charge in [-0.05, 0) is 138 Å². The summed E-state index contributed by atoms with van der Waals surface area (Å²) in [5.74, 6) is 0. The maximum Gasteiger partial charge on any atom is 0.0900 e. The zero-order valence-corrected chi connectivity index (χ0v) is 32.6. The van der Waals surface area contributed by atoms with E-state index in [1.54, 1.807) is 12.4 Å². The minimum absolute atomic E-state index is 0.809. The van der Waals surface area contributed by atoms with Crippen molar-refractivity contribution in [2.24, 2.45) is 0 Å². The van der Waals surface area contributed by atoms with Crippen molar-refractivity contribution in [1.82, 2.24) is 19.9 Å². The summed E-state index contributed by atoms with van der Waals surface area (Å²) >= 11 is 0. The predicted octanol–water partition coefficient (Wildman–Crippen LogP) is 14.4. The molecule has 0 fully saturated rings. The number of fused-ring (bicyclic) bond motifs is 6. The van der Waals surface area contributed by atoms with E-state index in [4.69, 9.17) is 9.97 Å². The van der Waals surface area contributed by atoms with E-state index in [9.17, 15) is 0 Å². The van der Waals surface area contributed by atoms with E-state index in [0.717, 1.165) is 67.4 Å². The summed E-state index contributed by atoms with van der Waals surface area (Å²) in [5.41, 5.74) is 14.4. The highest BCUT2D eigenvalue weighted by Gasteiger charge is 2.14. The molecule has 4 heteroatoms. The molecule has 4 nitrogen and oxygen atoms in total. The topological polar surface area (TPSA) is 51.6 Å². The Morgan fingerprint density at radius 2 is 0.683 bits per heavy atom. The first-order valence-electron chi connectivity index (χ1n) is 20.2. The Balaban J connectivity index is 0.960. The van der Waals surface area contributed by atoms with Gasteiger partial charge in [-0.1, -0.05) is 133 Å². The molecule has 0 atom stereocenters. The Labute approximate surface area is 348 Å². The van der Waals surface area contributed by atoms with Gasteiger partial charge in [0.15, 0.2) is 0 Å². The lowest BCUT2D eigenvalue weighted by Gasteiger charge is -2.14. The van der Waals surface area contributed by atoms with Gasteiger partial charge in [-0.15, -0.1) is 0 Å². The molecule has 0 aliphatic heterocycles. The van der Waals surface area contributed by atoms with Gasteiger partial charge in [-0.25, -0.2) is 4.98 Å². The molecular formula is C56H36N4. The van der Waals surface area contributed by atoms with Crippen LogP contribution < -0.4 is 0 Å². The summed E-state index contributed by atoms with van der Waals surface area (Å²) in [6, 6.07) is 70.7. The van der Waals surface area contributed by atoms with Crippen LogP contribution in [0, 0.1) is 0 Å². The smallest absolute Gasteiger partial charge is 0.0900 e. The molecule has 0 radical (unpaired) electrons. The van der Waals surface area contributed by atoms with E-state index in [1.165, 1.54) is 43.4 Å². The summed E-state index contributed by atoms with van der Waals surface area (Å²) < 4.78 is 0. The van der Waals surface area contributed by atoms with E-state index >= 15 is 0 Å². The van der Waals surface area contributed by atoms with E-state index in [2.05, 4.69) is 174 Å². The van der Waals surface area contributed by atoms with Crippen LogP contribution in [0.15, 0.2) is 219 Å². The molecule has 0 N–H and O–H groups in total. The van der Waals surface area contributed by atoms with Crippen molar-refractivity contribution in [2.45, 2.75) is 0 Å². The van der Waals surface area contributed by atoms with E-state index in [1.807, 2.05) is 42.6 Å². The Morgan fingerprint density at radius 1 is 0.217 bits per heavy atom. The molecule has 0 aliphatic rings. The van der Waals surface area contributed by atoms with Crippen LogP contribution in [0.25, 0.3) is 111 Å². The van der Waals surface area contributed by atoms with Crippen LogP contribution in [0.1, 0.15) is 0 Å². The van der Waals surface area contributed by atoms with Crippen LogP contribution in [0.3, 0.4) is 0 Å². The third-order valence-corrected chi connectivity index (χ3v) is 11.4. The first-order chi connectivity index (χ1) is 29.7. The number of benzene rings is 7. The van der Waals surface area contributed by atoms with Gasteiger partial charge < -0.3 is 0 Å². The fourth-order valence-electron chi connectivity index (χ4n) is 8.41. The maximum absolute atomic E-state index is 4.99. The van der Waals surface area contributed by atoms with E-state index < -0.39 is 0 Å². The Hall–Kier alpha value is -8.08. The third kappa shape index (κ3) is 6.56. The molecule has 60 heavy (non-hydrogen) atoms. The molecule has 11 aromatic rings. The molecular weight excluding hydrogens is 729 g/mol. The lowest BCUT2D eigenvalue weighted by atomic mass is 9.90. The standard InChI is InChI=1S/C56H36N4/c1-2-12-37(13-3-1)38-14-10-16-40(30-38)44-24-27-52(59-36-44)43-23-26-49-48-25-22-42(32-50(48)46-18-4-5-19-47(46)51(49)33-43)39-15-11-17-41(31-39)45-34-55(53-20-6-8-28-57-53)60-56(35-45)54-21-7-9-29-58-54/h1-36H. The summed E-state index contributed by atoms with van der Waals surface area (Å²) in [4.78, 5) is 19.2. The normalized spacial score (nSPS) is 11.3. The van der Waals surface area contributed by atoms with Crippen molar-refractivity contribution in [3.63, 3.8) is 0 Å². The second-order valence-electron chi connectivity index (χ2n) is 15.1. The van der Waals surface area contributed by atoms with Gasteiger partial charge >= 0.3 is 0 Å². The van der Waals surface area contributed by atoms with Gasteiger partial charge in [0, 0.05) is 29.7 Å².